The maximum Gasteiger partial charge on any atom is 0.265 e. The molecule has 4 aromatic rings. The number of aromatic nitrogens is 2. The van der Waals surface area contributed by atoms with Gasteiger partial charge < -0.3 is 10.6 Å². The van der Waals surface area contributed by atoms with Crippen molar-refractivity contribution in [2.75, 3.05) is 5.32 Å². The molecule has 6 nitrogen and oxygen atoms in total. The minimum absolute atomic E-state index is 0.157. The van der Waals surface area contributed by atoms with E-state index < -0.39 is 0 Å². The first-order valence-corrected chi connectivity index (χ1v) is 11.2. The lowest BCUT2D eigenvalue weighted by atomic mass is 10.1. The van der Waals surface area contributed by atoms with E-state index in [1.807, 2.05) is 48.2 Å². The quantitative estimate of drug-likeness (QED) is 0.430. The van der Waals surface area contributed by atoms with Gasteiger partial charge in [0.1, 0.15) is 0 Å². The first-order valence-electron chi connectivity index (χ1n) is 10.3. The Hall–Kier alpha value is -3.71. The van der Waals surface area contributed by atoms with Gasteiger partial charge in [0, 0.05) is 29.1 Å². The summed E-state index contributed by atoms with van der Waals surface area (Å²) in [6, 6.07) is 20.7. The second-order valence-electron chi connectivity index (χ2n) is 7.48. The molecule has 0 aliphatic rings. The van der Waals surface area contributed by atoms with Crippen LogP contribution in [0.2, 0.25) is 0 Å². The van der Waals surface area contributed by atoms with Gasteiger partial charge in [0.25, 0.3) is 11.8 Å². The van der Waals surface area contributed by atoms with E-state index >= 15 is 0 Å². The summed E-state index contributed by atoms with van der Waals surface area (Å²) >= 11 is 1.38. The number of thiophene rings is 1. The fourth-order valence-corrected chi connectivity index (χ4v) is 4.10. The van der Waals surface area contributed by atoms with E-state index in [1.54, 1.807) is 30.3 Å². The van der Waals surface area contributed by atoms with Gasteiger partial charge in [-0.25, -0.2) is 0 Å². The SMILES string of the molecule is Cc1nn(Cc2ccccc2)c(C)c1CNC(=O)c1ccc(NC(=O)c2cccs2)cc1. The second kappa shape index (κ2) is 9.62. The molecule has 2 heterocycles. The average Bonchev–Trinajstić information content (AvgIpc) is 3.43. The average molecular weight is 445 g/mol. The van der Waals surface area contributed by atoms with Crippen molar-refractivity contribution in [1.82, 2.24) is 15.1 Å². The van der Waals surface area contributed by atoms with Crippen molar-refractivity contribution in [2.45, 2.75) is 26.9 Å². The number of nitrogens with zero attached hydrogens (tertiary/aromatic N) is 2. The zero-order valence-corrected chi connectivity index (χ0v) is 18.8. The van der Waals surface area contributed by atoms with Gasteiger partial charge in [-0.05, 0) is 55.1 Å². The molecule has 0 aliphatic carbocycles. The molecular formula is C25H24N4O2S. The molecule has 0 saturated carbocycles. The zero-order valence-electron chi connectivity index (χ0n) is 18.0. The zero-order chi connectivity index (χ0) is 22.5. The molecule has 0 aliphatic heterocycles. The highest BCUT2D eigenvalue weighted by Gasteiger charge is 2.14. The van der Waals surface area contributed by atoms with Gasteiger partial charge in [0.2, 0.25) is 0 Å². The van der Waals surface area contributed by atoms with Crippen LogP contribution in [-0.2, 0) is 13.1 Å². The third kappa shape index (κ3) is 4.95. The minimum atomic E-state index is -0.171. The van der Waals surface area contributed by atoms with Crippen molar-refractivity contribution in [3.8, 4) is 0 Å². The summed E-state index contributed by atoms with van der Waals surface area (Å²) in [5.74, 6) is -0.327. The van der Waals surface area contributed by atoms with Crippen LogP contribution in [0.15, 0.2) is 72.1 Å². The van der Waals surface area contributed by atoms with Crippen molar-refractivity contribution in [2.24, 2.45) is 0 Å². The van der Waals surface area contributed by atoms with Crippen LogP contribution in [0.1, 0.15) is 42.5 Å². The first-order chi connectivity index (χ1) is 15.5. The van der Waals surface area contributed by atoms with Gasteiger partial charge in [0.15, 0.2) is 0 Å². The number of anilines is 1. The highest BCUT2D eigenvalue weighted by Crippen LogP contribution is 2.16. The lowest BCUT2D eigenvalue weighted by Crippen LogP contribution is -2.23. The largest absolute Gasteiger partial charge is 0.348 e. The molecule has 2 N–H and O–H groups in total. The van der Waals surface area contributed by atoms with Crippen LogP contribution < -0.4 is 10.6 Å². The highest BCUT2D eigenvalue weighted by molar-refractivity contribution is 7.12. The Morgan fingerprint density at radius 2 is 1.69 bits per heavy atom. The summed E-state index contributed by atoms with van der Waals surface area (Å²) in [6.07, 6.45) is 0. The van der Waals surface area contributed by atoms with E-state index in [0.29, 0.717) is 29.2 Å². The first kappa shape index (κ1) is 21.5. The molecule has 162 valence electrons. The van der Waals surface area contributed by atoms with Crippen molar-refractivity contribution >= 4 is 28.8 Å². The smallest absolute Gasteiger partial charge is 0.265 e. The lowest BCUT2D eigenvalue weighted by molar-refractivity contribution is 0.0950. The van der Waals surface area contributed by atoms with E-state index in [0.717, 1.165) is 17.0 Å². The Labute approximate surface area is 190 Å². The third-order valence-electron chi connectivity index (χ3n) is 5.28. The molecule has 0 bridgehead atoms. The topological polar surface area (TPSA) is 76.0 Å². The van der Waals surface area contributed by atoms with E-state index in [2.05, 4.69) is 27.9 Å². The van der Waals surface area contributed by atoms with Gasteiger partial charge in [-0.3, -0.25) is 14.3 Å². The number of benzene rings is 2. The number of hydrogen-bond donors (Lipinski definition) is 2. The number of amides is 2. The van der Waals surface area contributed by atoms with Gasteiger partial charge in [-0.2, -0.15) is 5.10 Å². The molecule has 0 atom stereocenters. The van der Waals surface area contributed by atoms with Crippen molar-refractivity contribution in [3.63, 3.8) is 0 Å². The molecule has 2 aromatic heterocycles. The summed E-state index contributed by atoms with van der Waals surface area (Å²) in [5.41, 5.74) is 5.33. The molecule has 0 saturated heterocycles. The van der Waals surface area contributed by atoms with Gasteiger partial charge in [-0.1, -0.05) is 36.4 Å². The number of nitrogens with one attached hydrogen (secondary N) is 2. The van der Waals surface area contributed by atoms with Crippen LogP contribution in [0.3, 0.4) is 0 Å². The molecule has 2 amide bonds. The number of carbonyl (C=O) groups is 2. The molecule has 0 unspecified atom stereocenters. The number of carbonyl (C=O) groups excluding carboxylic acids is 2. The van der Waals surface area contributed by atoms with E-state index in [1.165, 1.54) is 16.9 Å². The Kier molecular flexibility index (Phi) is 6.47. The predicted octanol–water partition coefficient (Wildman–Crippen LogP) is 4.79. The monoisotopic (exact) mass is 444 g/mol. The van der Waals surface area contributed by atoms with Gasteiger partial charge in [0.05, 0.1) is 17.1 Å². The summed E-state index contributed by atoms with van der Waals surface area (Å²) in [5, 5.41) is 12.3. The summed E-state index contributed by atoms with van der Waals surface area (Å²) in [6.45, 7) is 5.08. The van der Waals surface area contributed by atoms with Crippen LogP contribution in [0, 0.1) is 13.8 Å². The van der Waals surface area contributed by atoms with Gasteiger partial charge in [-0.15, -0.1) is 11.3 Å². The summed E-state index contributed by atoms with van der Waals surface area (Å²) in [7, 11) is 0. The van der Waals surface area contributed by atoms with Crippen molar-refractivity contribution < 1.29 is 9.59 Å². The number of hydrogen-bond acceptors (Lipinski definition) is 4. The Bertz CT molecular complexity index is 1210. The number of aryl methyl sites for hydroxylation is 1. The van der Waals surface area contributed by atoms with Gasteiger partial charge >= 0.3 is 0 Å². The van der Waals surface area contributed by atoms with E-state index in [4.69, 9.17) is 0 Å². The molecule has 0 radical (unpaired) electrons. The maximum absolute atomic E-state index is 12.6. The van der Waals surface area contributed by atoms with E-state index in [-0.39, 0.29) is 11.8 Å². The third-order valence-corrected chi connectivity index (χ3v) is 6.15. The molecule has 2 aromatic carbocycles. The van der Waals surface area contributed by atoms with Crippen LogP contribution in [0.25, 0.3) is 0 Å². The van der Waals surface area contributed by atoms with Crippen LogP contribution in [0.5, 0.6) is 0 Å². The van der Waals surface area contributed by atoms with Crippen LogP contribution >= 0.6 is 11.3 Å². The molecule has 0 spiro atoms. The Balaban J connectivity index is 1.37. The van der Waals surface area contributed by atoms with E-state index in [9.17, 15) is 9.59 Å². The lowest BCUT2D eigenvalue weighted by Gasteiger charge is -2.08. The maximum atomic E-state index is 12.6. The fraction of sp³-hybridized carbons (Fsp3) is 0.160. The van der Waals surface area contributed by atoms with Crippen molar-refractivity contribution in [3.05, 3.63) is 105 Å². The van der Waals surface area contributed by atoms with Crippen LogP contribution in [0.4, 0.5) is 5.69 Å². The summed E-state index contributed by atoms with van der Waals surface area (Å²) in [4.78, 5) is 25.4. The summed E-state index contributed by atoms with van der Waals surface area (Å²) < 4.78 is 1.97. The predicted molar refractivity (Wildman–Crippen MR) is 127 cm³/mol. The molecule has 7 heteroatoms. The fourth-order valence-electron chi connectivity index (χ4n) is 3.48. The highest BCUT2D eigenvalue weighted by atomic mass is 32.1. The molecule has 4 rings (SSSR count). The minimum Gasteiger partial charge on any atom is -0.348 e. The molecular weight excluding hydrogens is 420 g/mol. The Morgan fingerprint density at radius 1 is 0.938 bits per heavy atom. The normalized spacial score (nSPS) is 10.7. The Morgan fingerprint density at radius 3 is 2.38 bits per heavy atom. The van der Waals surface area contributed by atoms with Crippen molar-refractivity contribution in [1.29, 1.82) is 0 Å². The molecule has 32 heavy (non-hydrogen) atoms. The number of rotatable bonds is 7. The molecule has 0 fully saturated rings. The van der Waals surface area contributed by atoms with Crippen LogP contribution in [-0.4, -0.2) is 21.6 Å². The standard InChI is InChI=1S/C25H24N4O2S/c1-17-22(18(2)29(28-17)16-19-7-4-3-5-8-19)15-26-24(30)20-10-12-21(13-11-20)27-25(31)23-9-6-14-32-23/h3-14H,15-16H2,1-2H3,(H,26,30)(H,27,31). The second-order valence-corrected chi connectivity index (χ2v) is 8.43.